The van der Waals surface area contributed by atoms with Crippen LogP contribution in [0, 0.1) is 5.41 Å². The van der Waals surface area contributed by atoms with Gasteiger partial charge in [-0.2, -0.15) is 4.31 Å². The highest BCUT2D eigenvalue weighted by Gasteiger charge is 2.61. The van der Waals surface area contributed by atoms with Gasteiger partial charge in [0.15, 0.2) is 5.41 Å². The highest BCUT2D eigenvalue weighted by molar-refractivity contribution is 7.89. The van der Waals surface area contributed by atoms with Crippen LogP contribution in [0.4, 0.5) is 0 Å². The lowest BCUT2D eigenvalue weighted by Crippen LogP contribution is -2.66. The number of carbonyl (C=O) groups excluding carboxylic acids is 2. The molecule has 10 heteroatoms. The molecule has 0 saturated carbocycles. The van der Waals surface area contributed by atoms with Crippen molar-refractivity contribution in [2.24, 2.45) is 5.41 Å². The van der Waals surface area contributed by atoms with Gasteiger partial charge in [-0.05, 0) is 32.0 Å². The van der Waals surface area contributed by atoms with Gasteiger partial charge >= 0.3 is 11.9 Å². The first-order valence-corrected chi connectivity index (χ1v) is 9.68. The molecule has 1 aliphatic rings. The first kappa shape index (κ1) is 20.0. The van der Waals surface area contributed by atoms with Gasteiger partial charge in [-0.25, -0.2) is 8.42 Å². The molecule has 2 rings (SSSR count). The number of hydrogen-bond donors (Lipinski definition) is 0. The molecule has 1 fully saturated rings. The number of rotatable bonds is 6. The monoisotopic (exact) mass is 409 g/mol. The van der Waals surface area contributed by atoms with E-state index < -0.39 is 27.4 Å². The van der Waals surface area contributed by atoms with Crippen LogP contribution in [0.15, 0.2) is 23.1 Å². The molecule has 0 radical (unpaired) electrons. The fourth-order valence-corrected chi connectivity index (χ4v) is 4.73. The maximum atomic E-state index is 12.7. The summed E-state index contributed by atoms with van der Waals surface area (Å²) in [6.45, 7) is 2.58. The lowest BCUT2D eigenvalue weighted by atomic mass is 9.81. The Kier molecular flexibility index (Phi) is 5.98. The summed E-state index contributed by atoms with van der Waals surface area (Å²) < 4.78 is 36.2. The molecule has 0 N–H and O–H groups in total. The first-order chi connectivity index (χ1) is 11.7. The Labute approximate surface area is 155 Å². The zero-order valence-electron chi connectivity index (χ0n) is 13.6. The molecule has 7 nitrogen and oxygen atoms in total. The molecular formula is C15H17Cl2NO6S. The highest BCUT2D eigenvalue weighted by Crippen LogP contribution is 2.39. The third kappa shape index (κ3) is 3.62. The second-order valence-corrected chi connectivity index (χ2v) is 8.12. The average molecular weight is 410 g/mol. The molecule has 1 aromatic rings. The van der Waals surface area contributed by atoms with Crippen molar-refractivity contribution in [1.82, 2.24) is 4.31 Å². The van der Waals surface area contributed by atoms with Gasteiger partial charge in [0, 0.05) is 18.1 Å². The van der Waals surface area contributed by atoms with Gasteiger partial charge in [0.2, 0.25) is 10.0 Å². The summed E-state index contributed by atoms with van der Waals surface area (Å²) in [4.78, 5) is 24.2. The van der Waals surface area contributed by atoms with Crippen LogP contribution in [0.25, 0.3) is 0 Å². The summed E-state index contributed by atoms with van der Waals surface area (Å²) in [5.41, 5.74) is -1.65. The molecule has 138 valence electrons. The lowest BCUT2D eigenvalue weighted by molar-refractivity contribution is -0.180. The maximum absolute atomic E-state index is 12.7. The molecule has 25 heavy (non-hydrogen) atoms. The Morgan fingerprint density at radius 3 is 2.08 bits per heavy atom. The third-order valence-electron chi connectivity index (χ3n) is 3.74. The van der Waals surface area contributed by atoms with Crippen LogP contribution in [-0.4, -0.2) is 51.0 Å². The topological polar surface area (TPSA) is 90.0 Å². The molecule has 1 aromatic carbocycles. The smallest absolute Gasteiger partial charge is 0.326 e. The summed E-state index contributed by atoms with van der Waals surface area (Å²) in [6.07, 6.45) is 0. The van der Waals surface area contributed by atoms with E-state index in [1.807, 2.05) is 0 Å². The fourth-order valence-electron chi connectivity index (χ4n) is 2.43. The molecule has 0 aromatic heterocycles. The number of nitrogens with zero attached hydrogens (tertiary/aromatic N) is 1. The van der Waals surface area contributed by atoms with Crippen molar-refractivity contribution < 1.29 is 27.5 Å². The standard InChI is InChI=1S/C15H17Cl2NO6S/c1-3-23-13(19)15(14(20)24-4-2)8-18(9-15)25(21,22)12-6-5-10(16)7-11(12)17/h5-7H,3-4,8-9H2,1-2H3. The molecule has 1 heterocycles. The average Bonchev–Trinajstić information content (AvgIpc) is 2.46. The molecule has 0 spiro atoms. The van der Waals surface area contributed by atoms with Gasteiger partial charge in [0.05, 0.1) is 18.2 Å². The molecule has 0 bridgehead atoms. The zero-order valence-corrected chi connectivity index (χ0v) is 15.9. The van der Waals surface area contributed by atoms with Crippen LogP contribution in [0.1, 0.15) is 13.8 Å². The zero-order chi connectivity index (χ0) is 18.8. The minimum absolute atomic E-state index is 0.0442. The predicted molar refractivity (Wildman–Crippen MR) is 90.9 cm³/mol. The van der Waals surface area contributed by atoms with Gasteiger partial charge < -0.3 is 9.47 Å². The number of carbonyl (C=O) groups is 2. The van der Waals surface area contributed by atoms with Crippen LogP contribution < -0.4 is 0 Å². The van der Waals surface area contributed by atoms with Crippen molar-refractivity contribution >= 4 is 45.2 Å². The molecular weight excluding hydrogens is 393 g/mol. The van der Waals surface area contributed by atoms with Crippen molar-refractivity contribution in [3.63, 3.8) is 0 Å². The van der Waals surface area contributed by atoms with E-state index in [1.54, 1.807) is 13.8 Å². The van der Waals surface area contributed by atoms with E-state index in [0.29, 0.717) is 5.02 Å². The van der Waals surface area contributed by atoms with E-state index in [9.17, 15) is 18.0 Å². The van der Waals surface area contributed by atoms with Crippen molar-refractivity contribution in [2.75, 3.05) is 26.3 Å². The minimum atomic E-state index is -3.99. The molecule has 0 unspecified atom stereocenters. The normalized spacial score (nSPS) is 16.8. The Bertz CT molecular complexity index is 769. The van der Waals surface area contributed by atoms with E-state index in [2.05, 4.69) is 0 Å². The van der Waals surface area contributed by atoms with Crippen LogP contribution >= 0.6 is 23.2 Å². The Morgan fingerprint density at radius 2 is 1.64 bits per heavy atom. The van der Waals surface area contributed by atoms with E-state index in [-0.39, 0.29) is 36.2 Å². The first-order valence-electron chi connectivity index (χ1n) is 7.48. The number of benzene rings is 1. The van der Waals surface area contributed by atoms with Gasteiger partial charge in [-0.1, -0.05) is 23.2 Å². The second kappa shape index (κ2) is 7.49. The van der Waals surface area contributed by atoms with Gasteiger partial charge in [-0.15, -0.1) is 0 Å². The van der Waals surface area contributed by atoms with Crippen LogP contribution in [0.5, 0.6) is 0 Å². The van der Waals surface area contributed by atoms with Crippen molar-refractivity contribution in [3.05, 3.63) is 28.2 Å². The van der Waals surface area contributed by atoms with Crippen LogP contribution in [0.2, 0.25) is 10.0 Å². The largest absolute Gasteiger partial charge is 0.465 e. The van der Waals surface area contributed by atoms with Crippen molar-refractivity contribution in [2.45, 2.75) is 18.7 Å². The summed E-state index contributed by atoms with van der Waals surface area (Å²) in [7, 11) is -3.99. The minimum Gasteiger partial charge on any atom is -0.465 e. The Hall–Kier alpha value is -1.35. The van der Waals surface area contributed by atoms with Gasteiger partial charge in [0.1, 0.15) is 4.90 Å². The van der Waals surface area contributed by atoms with E-state index in [1.165, 1.54) is 18.2 Å². The van der Waals surface area contributed by atoms with E-state index in [4.69, 9.17) is 32.7 Å². The predicted octanol–water partition coefficient (Wildman–Crippen LogP) is 2.11. The number of sulfonamides is 1. The van der Waals surface area contributed by atoms with Crippen molar-refractivity contribution in [3.8, 4) is 0 Å². The number of halogens is 2. The molecule has 0 amide bonds. The highest BCUT2D eigenvalue weighted by atomic mass is 35.5. The summed E-state index contributed by atoms with van der Waals surface area (Å²) in [5.74, 6) is -1.61. The Morgan fingerprint density at radius 1 is 1.12 bits per heavy atom. The van der Waals surface area contributed by atoms with Crippen LogP contribution in [-0.2, 0) is 29.1 Å². The second-order valence-electron chi connectivity index (χ2n) is 5.37. The maximum Gasteiger partial charge on any atom is 0.326 e. The third-order valence-corrected chi connectivity index (χ3v) is 6.25. The van der Waals surface area contributed by atoms with Crippen molar-refractivity contribution in [1.29, 1.82) is 0 Å². The molecule has 1 saturated heterocycles. The quantitative estimate of drug-likeness (QED) is 0.527. The lowest BCUT2D eigenvalue weighted by Gasteiger charge is -2.44. The summed E-state index contributed by atoms with van der Waals surface area (Å²) >= 11 is 11.7. The molecule has 0 atom stereocenters. The molecule has 1 aliphatic heterocycles. The summed E-state index contributed by atoms with van der Waals surface area (Å²) in [5, 5.41) is 0.247. The number of hydrogen-bond acceptors (Lipinski definition) is 6. The number of esters is 2. The SMILES string of the molecule is CCOC(=O)C1(C(=O)OCC)CN(S(=O)(=O)c2ccc(Cl)cc2Cl)C1. The van der Waals surface area contributed by atoms with Gasteiger partial charge in [0.25, 0.3) is 0 Å². The summed E-state index contributed by atoms with van der Waals surface area (Å²) in [6, 6.07) is 3.97. The molecule has 0 aliphatic carbocycles. The van der Waals surface area contributed by atoms with Gasteiger partial charge in [-0.3, -0.25) is 9.59 Å². The van der Waals surface area contributed by atoms with E-state index >= 15 is 0 Å². The Balaban J connectivity index is 2.29. The number of ether oxygens (including phenoxy) is 2. The van der Waals surface area contributed by atoms with E-state index in [0.717, 1.165) is 4.31 Å². The van der Waals surface area contributed by atoms with Crippen LogP contribution in [0.3, 0.4) is 0 Å². The fraction of sp³-hybridized carbons (Fsp3) is 0.467.